The maximum Gasteiger partial charge on any atom is 0.323 e. The van der Waals surface area contributed by atoms with E-state index >= 15 is 0 Å². The number of carbonyl (C=O) groups is 1. The van der Waals surface area contributed by atoms with Gasteiger partial charge in [-0.3, -0.25) is 9.78 Å². The summed E-state index contributed by atoms with van der Waals surface area (Å²) in [5.74, 6) is 0.146. The minimum absolute atomic E-state index is 0.0448. The molecule has 4 N–H and O–H groups in total. The molecular weight excluding hydrogens is 429 g/mol. The molecule has 1 unspecified atom stereocenters. The van der Waals surface area contributed by atoms with Crippen LogP contribution in [0.2, 0.25) is 5.02 Å². The van der Waals surface area contributed by atoms with Crippen molar-refractivity contribution in [2.24, 2.45) is 5.73 Å². The fourth-order valence-corrected chi connectivity index (χ4v) is 3.69. The number of hydrogen-bond donors (Lipinski definition) is 3. The molecule has 0 saturated carbocycles. The van der Waals surface area contributed by atoms with E-state index in [9.17, 15) is 9.90 Å². The zero-order chi connectivity index (χ0) is 22.3. The Morgan fingerprint density at radius 3 is 2.57 bits per heavy atom. The molecule has 0 spiro atoms. The molecule has 164 valence electrons. The van der Waals surface area contributed by atoms with Crippen LogP contribution in [0.1, 0.15) is 37.6 Å². The highest BCUT2D eigenvalue weighted by Crippen LogP contribution is 2.38. The highest BCUT2D eigenvalue weighted by atomic mass is 35.5. The van der Waals surface area contributed by atoms with Crippen LogP contribution in [0.4, 0.5) is 0 Å². The molecule has 0 amide bonds. The van der Waals surface area contributed by atoms with Crippen LogP contribution >= 0.6 is 20.1 Å². The normalized spacial score (nSPS) is 13.2. The van der Waals surface area contributed by atoms with Gasteiger partial charge in [0.1, 0.15) is 17.5 Å². The summed E-state index contributed by atoms with van der Waals surface area (Å²) < 4.78 is 17.0. The predicted octanol–water partition coefficient (Wildman–Crippen LogP) is 3.96. The Morgan fingerprint density at radius 2 is 1.97 bits per heavy atom. The molecule has 0 aliphatic rings. The van der Waals surface area contributed by atoms with Crippen LogP contribution in [0.5, 0.6) is 11.5 Å². The first-order valence-corrected chi connectivity index (χ1v) is 11.0. The number of aromatic hydroxyl groups is 1. The van der Waals surface area contributed by atoms with Crippen molar-refractivity contribution in [3.05, 3.63) is 52.3 Å². The van der Waals surface area contributed by atoms with E-state index in [0.29, 0.717) is 27.6 Å². The number of rotatable bonds is 10. The van der Waals surface area contributed by atoms with Crippen molar-refractivity contribution in [2.75, 3.05) is 0 Å². The second-order valence-electron chi connectivity index (χ2n) is 6.81. The van der Waals surface area contributed by atoms with Crippen molar-refractivity contribution < 1.29 is 23.7 Å². The highest BCUT2D eigenvalue weighted by molar-refractivity contribution is 7.45. The van der Waals surface area contributed by atoms with E-state index in [4.69, 9.17) is 31.1 Å². The number of ether oxygens (including phenoxy) is 1. The van der Waals surface area contributed by atoms with Crippen LogP contribution in [-0.4, -0.2) is 28.2 Å². The van der Waals surface area contributed by atoms with E-state index in [2.05, 4.69) is 10.1 Å². The van der Waals surface area contributed by atoms with E-state index in [1.165, 1.54) is 0 Å². The summed E-state index contributed by atoms with van der Waals surface area (Å²) >= 11 is 5.92. The van der Waals surface area contributed by atoms with Gasteiger partial charge in [0.15, 0.2) is 0 Å². The van der Waals surface area contributed by atoms with Gasteiger partial charge in [0.05, 0.1) is 18.4 Å². The lowest BCUT2D eigenvalue weighted by Gasteiger charge is -2.23. The molecule has 0 aliphatic heterocycles. The van der Waals surface area contributed by atoms with Crippen molar-refractivity contribution in [3.8, 4) is 11.5 Å². The van der Waals surface area contributed by atoms with Gasteiger partial charge in [-0.25, -0.2) is 5.09 Å². The van der Waals surface area contributed by atoms with Crippen LogP contribution in [0, 0.1) is 6.92 Å². The number of benzene rings is 1. The summed E-state index contributed by atoms with van der Waals surface area (Å²) in [4.78, 5) is 16.3. The molecule has 1 aromatic heterocycles. The zero-order valence-electron chi connectivity index (χ0n) is 17.4. The Labute approximate surface area is 182 Å². The lowest BCUT2D eigenvalue weighted by molar-refractivity contribution is -0.149. The molecule has 0 saturated heterocycles. The topological polar surface area (TPSA) is 116 Å². The number of nitrogens with two attached hydrogens (primary N) is 1. The van der Waals surface area contributed by atoms with Crippen molar-refractivity contribution in [3.63, 3.8) is 0 Å². The van der Waals surface area contributed by atoms with Crippen molar-refractivity contribution >= 4 is 26.1 Å². The highest BCUT2D eigenvalue weighted by Gasteiger charge is 2.24. The largest absolute Gasteiger partial charge is 0.506 e. The summed E-state index contributed by atoms with van der Waals surface area (Å²) in [6.07, 6.45) is 1.36. The van der Waals surface area contributed by atoms with Crippen LogP contribution in [0.15, 0.2) is 30.5 Å². The van der Waals surface area contributed by atoms with Gasteiger partial charge in [-0.2, -0.15) is 0 Å². The molecule has 30 heavy (non-hydrogen) atoms. The first kappa shape index (κ1) is 24.3. The van der Waals surface area contributed by atoms with Crippen LogP contribution < -0.4 is 15.3 Å². The van der Waals surface area contributed by atoms with Gasteiger partial charge in [0, 0.05) is 28.9 Å². The van der Waals surface area contributed by atoms with Crippen LogP contribution in [0.25, 0.3) is 0 Å². The molecule has 0 bridgehead atoms. The third kappa shape index (κ3) is 7.07. The van der Waals surface area contributed by atoms with Gasteiger partial charge in [0.25, 0.3) is 0 Å². The van der Waals surface area contributed by atoms with Gasteiger partial charge in [-0.05, 0) is 52.0 Å². The van der Waals surface area contributed by atoms with E-state index < -0.39 is 20.5 Å². The molecule has 0 aliphatic carbocycles. The number of pyridine rings is 1. The Kier molecular flexibility index (Phi) is 9.27. The smallest absolute Gasteiger partial charge is 0.323 e. The van der Waals surface area contributed by atoms with Crippen LogP contribution in [0.3, 0.4) is 0 Å². The number of aromatic nitrogens is 1. The molecular formula is C20H27ClN3O5P. The summed E-state index contributed by atoms with van der Waals surface area (Å²) in [7, 11) is -1.75. The number of hydrogen-bond acceptors (Lipinski definition) is 8. The summed E-state index contributed by atoms with van der Waals surface area (Å²) in [6.45, 7) is 7.12. The number of aryl methyl sites for hydroxylation is 1. The van der Waals surface area contributed by atoms with E-state index in [0.717, 1.165) is 0 Å². The van der Waals surface area contributed by atoms with Gasteiger partial charge in [-0.1, -0.05) is 11.6 Å². The Bertz CT molecular complexity index is 851. The average molecular weight is 456 g/mol. The maximum atomic E-state index is 12.2. The second-order valence-corrected chi connectivity index (χ2v) is 8.46. The third-order valence-corrected chi connectivity index (χ3v) is 5.57. The Morgan fingerprint density at radius 1 is 1.30 bits per heavy atom. The number of nitrogens with one attached hydrogen (secondary N) is 1. The van der Waals surface area contributed by atoms with E-state index in [1.54, 1.807) is 58.2 Å². The second kappa shape index (κ2) is 11.4. The fourth-order valence-electron chi connectivity index (χ4n) is 2.39. The number of nitrogens with zero attached hydrogens (tertiary/aromatic N) is 1. The van der Waals surface area contributed by atoms with Crippen molar-refractivity contribution in [1.82, 2.24) is 10.1 Å². The van der Waals surface area contributed by atoms with Crippen LogP contribution in [-0.2, 0) is 27.2 Å². The van der Waals surface area contributed by atoms with Gasteiger partial charge < -0.3 is 24.6 Å². The predicted molar refractivity (Wildman–Crippen MR) is 116 cm³/mol. The maximum absolute atomic E-state index is 12.2. The zero-order valence-corrected chi connectivity index (χ0v) is 19.0. The molecule has 2 rings (SSSR count). The SMILES string of the molecule is Cc1ncc(COP(N[C@@H](C)C(=O)OC(C)C)Oc2ccc(Cl)cc2)c(CN)c1O. The quantitative estimate of drug-likeness (QED) is 0.364. The molecule has 0 fully saturated rings. The standard InChI is InChI=1S/C20H27ClN3O5P/c1-12(2)28-20(26)14(4)24-30(29-17-7-5-16(21)6-8-17)27-11-15-10-23-13(3)19(25)18(15)9-22/h5-8,10,12,14,24-25H,9,11,22H2,1-4H3/t14-,30?/m0/s1. The van der Waals surface area contributed by atoms with Gasteiger partial charge in [0.2, 0.25) is 0 Å². The minimum atomic E-state index is -1.75. The fraction of sp³-hybridized carbons (Fsp3) is 0.400. The minimum Gasteiger partial charge on any atom is -0.506 e. The van der Waals surface area contributed by atoms with Gasteiger partial charge >= 0.3 is 14.5 Å². The monoisotopic (exact) mass is 455 g/mol. The van der Waals surface area contributed by atoms with E-state index in [-0.39, 0.29) is 25.0 Å². The first-order valence-electron chi connectivity index (χ1n) is 9.40. The summed E-state index contributed by atoms with van der Waals surface area (Å²) in [6, 6.07) is 6.11. The lowest BCUT2D eigenvalue weighted by Crippen LogP contribution is -2.34. The molecule has 1 heterocycles. The average Bonchev–Trinajstić information content (AvgIpc) is 2.69. The molecule has 8 nitrogen and oxygen atoms in total. The van der Waals surface area contributed by atoms with Crippen molar-refractivity contribution in [2.45, 2.75) is 53.0 Å². The Balaban J connectivity index is 2.15. The van der Waals surface area contributed by atoms with E-state index in [1.807, 2.05) is 0 Å². The lowest BCUT2D eigenvalue weighted by atomic mass is 10.1. The number of esters is 1. The number of carbonyl (C=O) groups excluding carboxylic acids is 1. The first-order chi connectivity index (χ1) is 14.2. The molecule has 2 atom stereocenters. The summed E-state index contributed by atoms with van der Waals surface area (Å²) in [5.41, 5.74) is 7.44. The summed E-state index contributed by atoms with van der Waals surface area (Å²) in [5, 5.41) is 13.8. The molecule has 10 heteroatoms. The van der Waals surface area contributed by atoms with Crippen molar-refractivity contribution in [1.29, 1.82) is 0 Å². The Hall–Kier alpha value is -1.96. The molecule has 2 aromatic rings. The molecule has 1 aromatic carbocycles. The molecule has 0 radical (unpaired) electrons. The number of halogens is 1. The van der Waals surface area contributed by atoms with Gasteiger partial charge in [-0.15, -0.1) is 0 Å². The third-order valence-electron chi connectivity index (χ3n) is 3.98.